The molecule has 8 rings (SSSR count). The minimum Gasteiger partial charge on any atom is -0.307 e. The smallest absolute Gasteiger partial charge is 0.242 e. The summed E-state index contributed by atoms with van der Waals surface area (Å²) in [4.78, 5) is 11.6. The molecule has 6 aromatic rings. The SMILES string of the molecule is c1ccc(B2c3ccccc3C3(c4ccccc42)c2ccncc2N(c2ccccc2)c2cnccc23)cc1. The number of hydrogen-bond acceptors (Lipinski definition) is 3. The van der Waals surface area contributed by atoms with Crippen LogP contribution in [0.25, 0.3) is 0 Å². The van der Waals surface area contributed by atoms with Crippen LogP contribution in [0.1, 0.15) is 22.3 Å². The van der Waals surface area contributed by atoms with Gasteiger partial charge in [-0.15, -0.1) is 0 Å². The summed E-state index contributed by atoms with van der Waals surface area (Å²) in [5, 5.41) is 0. The lowest BCUT2D eigenvalue weighted by molar-refractivity contribution is 0.732. The highest BCUT2D eigenvalue weighted by atomic mass is 15.2. The van der Waals surface area contributed by atoms with E-state index in [1.54, 1.807) is 0 Å². The number of pyridine rings is 2. The number of fused-ring (bicyclic) bond motifs is 8. The predicted molar refractivity (Wildman–Crippen MR) is 160 cm³/mol. The zero-order valence-corrected chi connectivity index (χ0v) is 21.3. The number of nitrogens with zero attached hydrogens (tertiary/aromatic N) is 3. The molecule has 2 aliphatic rings. The Morgan fingerprint density at radius 1 is 0.487 bits per heavy atom. The lowest BCUT2D eigenvalue weighted by Crippen LogP contribution is -2.62. The van der Waals surface area contributed by atoms with Crippen molar-refractivity contribution >= 4 is 40.2 Å². The monoisotopic (exact) mass is 497 g/mol. The quantitative estimate of drug-likeness (QED) is 0.297. The first-order valence-electron chi connectivity index (χ1n) is 13.4. The van der Waals surface area contributed by atoms with E-state index < -0.39 is 5.41 Å². The van der Waals surface area contributed by atoms with Crippen molar-refractivity contribution in [3.05, 3.63) is 168 Å². The fraction of sp³-hybridized carbons (Fsp3) is 0.0286. The number of benzene rings is 4. The van der Waals surface area contributed by atoms with Crippen molar-refractivity contribution in [3.8, 4) is 0 Å². The van der Waals surface area contributed by atoms with Gasteiger partial charge in [0.05, 0.1) is 29.2 Å². The minimum absolute atomic E-state index is 0.145. The third-order valence-corrected chi connectivity index (χ3v) is 8.39. The highest BCUT2D eigenvalue weighted by Gasteiger charge is 2.52. The van der Waals surface area contributed by atoms with Crippen molar-refractivity contribution in [1.82, 2.24) is 9.97 Å². The van der Waals surface area contributed by atoms with Crippen LogP contribution < -0.4 is 21.3 Å². The number of rotatable bonds is 2. The second-order valence-corrected chi connectivity index (χ2v) is 10.2. The highest BCUT2D eigenvalue weighted by Crippen LogP contribution is 2.57. The summed E-state index contributed by atoms with van der Waals surface area (Å²) in [5.74, 6) is 0. The lowest BCUT2D eigenvalue weighted by atomic mass is 9.30. The molecule has 0 aliphatic carbocycles. The molecule has 0 unspecified atom stereocenters. The Bertz CT molecular complexity index is 1600. The fourth-order valence-electron chi connectivity index (χ4n) is 6.97. The molecule has 2 aliphatic heterocycles. The van der Waals surface area contributed by atoms with Crippen LogP contribution in [-0.4, -0.2) is 16.7 Å². The van der Waals surface area contributed by atoms with E-state index >= 15 is 0 Å². The van der Waals surface area contributed by atoms with Gasteiger partial charge < -0.3 is 4.90 Å². The number of anilines is 3. The van der Waals surface area contributed by atoms with Gasteiger partial charge in [0.25, 0.3) is 0 Å². The first-order valence-corrected chi connectivity index (χ1v) is 13.4. The Morgan fingerprint density at radius 2 is 0.974 bits per heavy atom. The average Bonchev–Trinajstić information content (AvgIpc) is 3.02. The summed E-state index contributed by atoms with van der Waals surface area (Å²) in [6.07, 6.45) is 7.89. The summed E-state index contributed by atoms with van der Waals surface area (Å²) in [6, 6.07) is 43.9. The summed E-state index contributed by atoms with van der Waals surface area (Å²) >= 11 is 0. The second kappa shape index (κ2) is 8.54. The Labute approximate surface area is 228 Å². The van der Waals surface area contributed by atoms with Gasteiger partial charge in [-0.25, -0.2) is 0 Å². The zero-order valence-electron chi connectivity index (χ0n) is 21.3. The minimum atomic E-state index is -0.514. The van der Waals surface area contributed by atoms with Gasteiger partial charge in [-0.05, 0) is 46.5 Å². The van der Waals surface area contributed by atoms with Crippen molar-refractivity contribution in [3.63, 3.8) is 0 Å². The molecule has 0 atom stereocenters. The van der Waals surface area contributed by atoms with Crippen LogP contribution in [-0.2, 0) is 5.41 Å². The molecular formula is C35H24BN3. The highest BCUT2D eigenvalue weighted by molar-refractivity contribution is 6.96. The maximum absolute atomic E-state index is 4.64. The van der Waals surface area contributed by atoms with Crippen molar-refractivity contribution in [2.75, 3.05) is 4.90 Å². The number of hydrogen-bond donors (Lipinski definition) is 0. The summed E-state index contributed by atoms with van der Waals surface area (Å²) in [5.41, 5.74) is 11.8. The molecule has 0 bridgehead atoms. The molecule has 0 saturated heterocycles. The summed E-state index contributed by atoms with van der Waals surface area (Å²) in [6.45, 7) is 0.145. The molecule has 1 spiro atoms. The Morgan fingerprint density at radius 3 is 1.54 bits per heavy atom. The van der Waals surface area contributed by atoms with Gasteiger partial charge in [0, 0.05) is 18.1 Å². The van der Waals surface area contributed by atoms with Crippen molar-refractivity contribution in [1.29, 1.82) is 0 Å². The molecule has 0 radical (unpaired) electrons. The van der Waals surface area contributed by atoms with Gasteiger partial charge in [-0.1, -0.05) is 113 Å². The molecule has 4 heteroatoms. The van der Waals surface area contributed by atoms with Gasteiger partial charge in [-0.3, -0.25) is 9.97 Å². The molecule has 182 valence electrons. The van der Waals surface area contributed by atoms with Crippen LogP contribution in [0.15, 0.2) is 146 Å². The van der Waals surface area contributed by atoms with Crippen LogP contribution in [0.5, 0.6) is 0 Å². The predicted octanol–water partition coefficient (Wildman–Crippen LogP) is 5.47. The molecule has 3 nitrogen and oxygen atoms in total. The van der Waals surface area contributed by atoms with Crippen LogP contribution in [0.4, 0.5) is 17.1 Å². The van der Waals surface area contributed by atoms with Gasteiger partial charge in [0.2, 0.25) is 6.71 Å². The molecule has 0 fully saturated rings. The largest absolute Gasteiger partial charge is 0.307 e. The van der Waals surface area contributed by atoms with Crippen molar-refractivity contribution in [2.24, 2.45) is 0 Å². The molecule has 4 heterocycles. The normalized spacial score (nSPS) is 14.3. The van der Waals surface area contributed by atoms with E-state index in [1.807, 2.05) is 24.8 Å². The van der Waals surface area contributed by atoms with Gasteiger partial charge in [0.15, 0.2) is 0 Å². The third kappa shape index (κ3) is 3.00. The lowest BCUT2D eigenvalue weighted by Gasteiger charge is -2.50. The first kappa shape index (κ1) is 22.1. The summed E-state index contributed by atoms with van der Waals surface area (Å²) in [7, 11) is 0. The molecule has 2 aromatic heterocycles. The summed E-state index contributed by atoms with van der Waals surface area (Å²) < 4.78 is 0. The number of aromatic nitrogens is 2. The van der Waals surface area contributed by atoms with E-state index in [2.05, 4.69) is 136 Å². The van der Waals surface area contributed by atoms with E-state index in [0.29, 0.717) is 0 Å². The first-order chi connectivity index (χ1) is 19.4. The maximum atomic E-state index is 4.64. The molecule has 0 saturated carbocycles. The van der Waals surface area contributed by atoms with Crippen molar-refractivity contribution in [2.45, 2.75) is 5.41 Å². The van der Waals surface area contributed by atoms with Crippen molar-refractivity contribution < 1.29 is 0 Å². The van der Waals surface area contributed by atoms with Gasteiger partial charge >= 0.3 is 0 Å². The third-order valence-electron chi connectivity index (χ3n) is 8.39. The molecular weight excluding hydrogens is 473 g/mol. The fourth-order valence-corrected chi connectivity index (χ4v) is 6.97. The topological polar surface area (TPSA) is 29.0 Å². The van der Waals surface area contributed by atoms with Crippen LogP contribution >= 0.6 is 0 Å². The van der Waals surface area contributed by atoms with E-state index in [-0.39, 0.29) is 6.71 Å². The maximum Gasteiger partial charge on any atom is 0.242 e. The molecule has 39 heavy (non-hydrogen) atoms. The molecule has 0 amide bonds. The molecule has 4 aromatic carbocycles. The van der Waals surface area contributed by atoms with E-state index in [0.717, 1.165) is 17.1 Å². The average molecular weight is 497 g/mol. The van der Waals surface area contributed by atoms with Crippen LogP contribution in [0.3, 0.4) is 0 Å². The second-order valence-electron chi connectivity index (χ2n) is 10.2. The Balaban J connectivity index is 1.53. The van der Waals surface area contributed by atoms with Gasteiger partial charge in [-0.2, -0.15) is 0 Å². The van der Waals surface area contributed by atoms with E-state index in [4.69, 9.17) is 0 Å². The van der Waals surface area contributed by atoms with Crippen LogP contribution in [0.2, 0.25) is 0 Å². The Hall–Kier alpha value is -4.96. The zero-order chi connectivity index (χ0) is 25.8. The van der Waals surface area contributed by atoms with Gasteiger partial charge in [0.1, 0.15) is 0 Å². The van der Waals surface area contributed by atoms with Crippen LogP contribution in [0, 0.1) is 0 Å². The Kier molecular flexibility index (Phi) is 4.83. The molecule has 0 N–H and O–H groups in total. The van der Waals surface area contributed by atoms with E-state index in [9.17, 15) is 0 Å². The standard InChI is InChI=1S/C35H24BN3/c1-3-11-25(12-4-1)36-31-17-9-7-15-27(31)35(28-16-8-10-18-32(28)36)29-19-21-37-23-33(29)39(26-13-5-2-6-14-26)34-24-38-22-20-30(34)35/h1-24H. The van der Waals surface area contributed by atoms with E-state index in [1.165, 1.54) is 38.6 Å². The number of para-hydroxylation sites is 1.